The standard InChI is InChI=1S/C8H15N5O/c1-3-7-6(5-13(2)11-7)4-10-8(9)12-14/h5,14H,3-4H2,1-2H3,(H3,9,10,12). The Morgan fingerprint density at radius 3 is 3.07 bits per heavy atom. The normalized spacial score (nSPS) is 11.8. The van der Waals surface area contributed by atoms with Crippen molar-refractivity contribution in [3.8, 4) is 0 Å². The fourth-order valence-corrected chi connectivity index (χ4v) is 1.22. The largest absolute Gasteiger partial charge is 0.368 e. The molecule has 0 aliphatic heterocycles. The van der Waals surface area contributed by atoms with Gasteiger partial charge >= 0.3 is 0 Å². The molecule has 0 radical (unpaired) electrons. The van der Waals surface area contributed by atoms with E-state index in [-0.39, 0.29) is 5.96 Å². The summed E-state index contributed by atoms with van der Waals surface area (Å²) in [6, 6.07) is 0. The predicted molar refractivity (Wildman–Crippen MR) is 52.8 cm³/mol. The second-order valence-corrected chi connectivity index (χ2v) is 2.94. The molecule has 1 rings (SSSR count). The number of aliphatic imine (C=N–C) groups is 1. The van der Waals surface area contributed by atoms with Crippen molar-refractivity contribution in [1.29, 1.82) is 0 Å². The van der Waals surface area contributed by atoms with E-state index in [0.29, 0.717) is 6.54 Å². The number of hydroxylamine groups is 1. The van der Waals surface area contributed by atoms with Crippen LogP contribution in [-0.2, 0) is 20.0 Å². The minimum absolute atomic E-state index is 0.0101. The third kappa shape index (κ3) is 2.46. The van der Waals surface area contributed by atoms with Crippen LogP contribution in [0.2, 0.25) is 0 Å². The third-order valence-corrected chi connectivity index (χ3v) is 1.86. The highest BCUT2D eigenvalue weighted by Crippen LogP contribution is 2.07. The zero-order chi connectivity index (χ0) is 10.6. The molecule has 4 N–H and O–H groups in total. The van der Waals surface area contributed by atoms with Crippen molar-refractivity contribution in [3.63, 3.8) is 0 Å². The molecular formula is C8H15N5O. The fourth-order valence-electron chi connectivity index (χ4n) is 1.22. The highest BCUT2D eigenvalue weighted by atomic mass is 16.5. The molecule has 0 atom stereocenters. The van der Waals surface area contributed by atoms with Crippen molar-refractivity contribution < 1.29 is 5.21 Å². The molecule has 0 aromatic carbocycles. The minimum Gasteiger partial charge on any atom is -0.368 e. The molecule has 1 heterocycles. The molecule has 1 aromatic rings. The lowest BCUT2D eigenvalue weighted by Gasteiger charge is -1.97. The van der Waals surface area contributed by atoms with Gasteiger partial charge in [-0.15, -0.1) is 0 Å². The maximum absolute atomic E-state index is 8.42. The van der Waals surface area contributed by atoms with Crippen LogP contribution >= 0.6 is 0 Å². The average Bonchev–Trinajstić information content (AvgIpc) is 2.55. The van der Waals surface area contributed by atoms with E-state index in [2.05, 4.69) is 10.1 Å². The molecule has 1 aromatic heterocycles. The topological polar surface area (TPSA) is 88.5 Å². The van der Waals surface area contributed by atoms with E-state index in [0.717, 1.165) is 17.7 Å². The van der Waals surface area contributed by atoms with Crippen LogP contribution in [0, 0.1) is 0 Å². The van der Waals surface area contributed by atoms with Gasteiger partial charge in [-0.1, -0.05) is 6.92 Å². The van der Waals surface area contributed by atoms with Crippen LogP contribution in [0.4, 0.5) is 0 Å². The van der Waals surface area contributed by atoms with Gasteiger partial charge in [0.15, 0.2) is 0 Å². The van der Waals surface area contributed by atoms with Gasteiger partial charge < -0.3 is 5.73 Å². The van der Waals surface area contributed by atoms with Crippen LogP contribution in [0.5, 0.6) is 0 Å². The Balaban J connectivity index is 2.75. The molecule has 0 spiro atoms. The summed E-state index contributed by atoms with van der Waals surface area (Å²) < 4.78 is 1.74. The lowest BCUT2D eigenvalue weighted by molar-refractivity contribution is 0.232. The second-order valence-electron chi connectivity index (χ2n) is 2.94. The summed E-state index contributed by atoms with van der Waals surface area (Å²) in [6.45, 7) is 2.46. The average molecular weight is 197 g/mol. The van der Waals surface area contributed by atoms with Crippen LogP contribution in [0.1, 0.15) is 18.2 Å². The monoisotopic (exact) mass is 197 g/mol. The van der Waals surface area contributed by atoms with Gasteiger partial charge in [-0.2, -0.15) is 5.10 Å². The molecule has 14 heavy (non-hydrogen) atoms. The molecule has 6 nitrogen and oxygen atoms in total. The molecule has 6 heteroatoms. The third-order valence-electron chi connectivity index (χ3n) is 1.86. The first-order valence-corrected chi connectivity index (χ1v) is 4.38. The first-order chi connectivity index (χ1) is 6.67. The maximum atomic E-state index is 8.42. The molecule has 0 bridgehead atoms. The molecule has 0 fully saturated rings. The minimum atomic E-state index is 0.0101. The van der Waals surface area contributed by atoms with E-state index in [1.54, 1.807) is 10.2 Å². The van der Waals surface area contributed by atoms with Crippen molar-refractivity contribution in [1.82, 2.24) is 15.3 Å². The Bertz CT molecular complexity index is 330. The number of nitrogens with two attached hydrogens (primary N) is 1. The van der Waals surface area contributed by atoms with Crippen molar-refractivity contribution in [3.05, 3.63) is 17.5 Å². The van der Waals surface area contributed by atoms with Crippen LogP contribution < -0.4 is 11.2 Å². The molecule has 0 amide bonds. The highest BCUT2D eigenvalue weighted by Gasteiger charge is 2.04. The summed E-state index contributed by atoms with van der Waals surface area (Å²) in [5.41, 5.74) is 9.08. The summed E-state index contributed by atoms with van der Waals surface area (Å²) in [4.78, 5) is 3.91. The number of rotatable bonds is 3. The molecule has 0 aliphatic rings. The lowest BCUT2D eigenvalue weighted by atomic mass is 10.2. The van der Waals surface area contributed by atoms with Crippen molar-refractivity contribution in [2.75, 3.05) is 0 Å². The first-order valence-electron chi connectivity index (χ1n) is 4.38. The summed E-state index contributed by atoms with van der Waals surface area (Å²) in [5, 5.41) is 12.7. The van der Waals surface area contributed by atoms with Gasteiger partial charge in [0.1, 0.15) is 0 Å². The number of aromatic nitrogens is 2. The Kier molecular flexibility index (Phi) is 3.47. The molecule has 0 saturated carbocycles. The number of aryl methyl sites for hydroxylation is 2. The Hall–Kier alpha value is -1.56. The summed E-state index contributed by atoms with van der Waals surface area (Å²) >= 11 is 0. The second kappa shape index (κ2) is 4.61. The number of nitrogens with one attached hydrogen (secondary N) is 1. The van der Waals surface area contributed by atoms with Gasteiger partial charge in [0, 0.05) is 18.8 Å². The quantitative estimate of drug-likeness (QED) is 0.355. The number of hydrogen-bond acceptors (Lipinski definition) is 3. The van der Waals surface area contributed by atoms with E-state index >= 15 is 0 Å². The zero-order valence-electron chi connectivity index (χ0n) is 8.36. The Labute approximate surface area is 82.4 Å². The van der Waals surface area contributed by atoms with E-state index in [4.69, 9.17) is 10.9 Å². The molecule has 78 valence electrons. The van der Waals surface area contributed by atoms with Gasteiger partial charge in [0.25, 0.3) is 0 Å². The Morgan fingerprint density at radius 2 is 2.50 bits per heavy atom. The summed E-state index contributed by atoms with van der Waals surface area (Å²) in [6.07, 6.45) is 2.76. The van der Waals surface area contributed by atoms with E-state index in [1.165, 1.54) is 0 Å². The van der Waals surface area contributed by atoms with Crippen LogP contribution in [0.15, 0.2) is 11.2 Å². The van der Waals surface area contributed by atoms with E-state index in [9.17, 15) is 0 Å². The van der Waals surface area contributed by atoms with Gasteiger partial charge in [-0.05, 0) is 6.42 Å². The zero-order valence-corrected chi connectivity index (χ0v) is 8.36. The first kappa shape index (κ1) is 10.5. The predicted octanol–water partition coefficient (Wildman–Crippen LogP) is -0.224. The molecule has 0 aliphatic carbocycles. The number of guanidine groups is 1. The van der Waals surface area contributed by atoms with Crippen LogP contribution in [0.25, 0.3) is 0 Å². The molecule has 0 saturated heterocycles. The van der Waals surface area contributed by atoms with Gasteiger partial charge in [0.05, 0.1) is 12.2 Å². The van der Waals surface area contributed by atoms with E-state index < -0.39 is 0 Å². The summed E-state index contributed by atoms with van der Waals surface area (Å²) in [7, 11) is 1.86. The van der Waals surface area contributed by atoms with Gasteiger partial charge in [0.2, 0.25) is 5.96 Å². The number of nitrogens with zero attached hydrogens (tertiary/aromatic N) is 3. The maximum Gasteiger partial charge on any atom is 0.213 e. The van der Waals surface area contributed by atoms with Crippen molar-refractivity contribution >= 4 is 5.96 Å². The molecular weight excluding hydrogens is 182 g/mol. The van der Waals surface area contributed by atoms with E-state index in [1.807, 2.05) is 20.2 Å². The SMILES string of the molecule is CCc1nn(C)cc1CN=C(N)NO. The summed E-state index contributed by atoms with van der Waals surface area (Å²) in [5.74, 6) is 0.0101. The Morgan fingerprint density at radius 1 is 1.79 bits per heavy atom. The van der Waals surface area contributed by atoms with Crippen LogP contribution in [-0.4, -0.2) is 20.9 Å². The highest BCUT2D eigenvalue weighted by molar-refractivity contribution is 5.76. The van der Waals surface area contributed by atoms with Crippen molar-refractivity contribution in [2.24, 2.45) is 17.8 Å². The number of hydrogen-bond donors (Lipinski definition) is 3. The lowest BCUT2D eigenvalue weighted by Crippen LogP contribution is -2.28. The molecule has 0 unspecified atom stereocenters. The van der Waals surface area contributed by atoms with Gasteiger partial charge in [-0.3, -0.25) is 9.89 Å². The smallest absolute Gasteiger partial charge is 0.213 e. The van der Waals surface area contributed by atoms with Gasteiger partial charge in [-0.25, -0.2) is 10.5 Å². The van der Waals surface area contributed by atoms with Crippen LogP contribution in [0.3, 0.4) is 0 Å². The fraction of sp³-hybridized carbons (Fsp3) is 0.500. The van der Waals surface area contributed by atoms with Crippen molar-refractivity contribution in [2.45, 2.75) is 19.9 Å².